The average Bonchev–Trinajstić information content (AvgIpc) is 3.25. The molecule has 1 aliphatic heterocycles. The molecule has 3 heterocycles. The van der Waals surface area contributed by atoms with Crippen molar-refractivity contribution < 1.29 is 18.3 Å². The molecule has 1 aliphatic rings. The van der Waals surface area contributed by atoms with Crippen LogP contribution in [0, 0.1) is 17.6 Å². The van der Waals surface area contributed by atoms with E-state index in [1.54, 1.807) is 23.2 Å². The fourth-order valence-electron chi connectivity index (χ4n) is 4.89. The van der Waals surface area contributed by atoms with Crippen LogP contribution in [-0.2, 0) is 17.8 Å². The third-order valence-electron chi connectivity index (χ3n) is 6.77. The summed E-state index contributed by atoms with van der Waals surface area (Å²) in [6.45, 7) is 7.43. The SMILES string of the molecule is CC(C)(C)OC(=O)N1CCC[C@@H](Cn2c(-c3ccc(N)cc3Cl)nc3cnc(NCc4ccc(F)c(F)c4)nc32)C1. The number of nitrogen functional groups attached to an aromatic ring is 1. The van der Waals surface area contributed by atoms with E-state index in [1.807, 2.05) is 31.4 Å². The van der Waals surface area contributed by atoms with Gasteiger partial charge in [0.1, 0.15) is 16.9 Å². The Bertz CT molecular complexity index is 1590. The van der Waals surface area contributed by atoms with Crippen LogP contribution in [0.3, 0.4) is 0 Å². The van der Waals surface area contributed by atoms with Gasteiger partial charge >= 0.3 is 6.09 Å². The lowest BCUT2D eigenvalue weighted by Crippen LogP contribution is -2.43. The molecule has 41 heavy (non-hydrogen) atoms. The summed E-state index contributed by atoms with van der Waals surface area (Å²) in [5.74, 6) is -0.814. The summed E-state index contributed by atoms with van der Waals surface area (Å²) < 4.78 is 34.6. The molecular formula is C29H32ClF2N7O2. The third-order valence-corrected chi connectivity index (χ3v) is 7.08. The van der Waals surface area contributed by atoms with Crippen LogP contribution in [0.4, 0.5) is 25.2 Å². The number of fused-ring (bicyclic) bond motifs is 1. The molecule has 0 aliphatic carbocycles. The van der Waals surface area contributed by atoms with Crippen molar-refractivity contribution in [3.63, 3.8) is 0 Å². The lowest BCUT2D eigenvalue weighted by atomic mass is 9.98. The lowest BCUT2D eigenvalue weighted by molar-refractivity contribution is 0.0158. The van der Waals surface area contributed by atoms with Crippen LogP contribution in [0.15, 0.2) is 42.6 Å². The number of carbonyl (C=O) groups excluding carboxylic acids is 1. The minimum Gasteiger partial charge on any atom is -0.444 e. The highest BCUT2D eigenvalue weighted by Crippen LogP contribution is 2.33. The summed E-state index contributed by atoms with van der Waals surface area (Å²) in [6, 6.07) is 8.96. The zero-order chi connectivity index (χ0) is 29.3. The number of nitrogens with zero attached hydrogens (tertiary/aromatic N) is 5. The summed E-state index contributed by atoms with van der Waals surface area (Å²) in [4.78, 5) is 28.5. The molecule has 12 heteroatoms. The zero-order valence-corrected chi connectivity index (χ0v) is 23.9. The first-order valence-electron chi connectivity index (χ1n) is 13.4. The number of hydrogen-bond donors (Lipinski definition) is 2. The zero-order valence-electron chi connectivity index (χ0n) is 23.1. The van der Waals surface area contributed by atoms with Gasteiger partial charge in [-0.3, -0.25) is 0 Å². The number of likely N-dealkylation sites (tertiary alicyclic amines) is 1. The number of nitrogens with one attached hydrogen (secondary N) is 1. The first-order chi connectivity index (χ1) is 19.5. The topological polar surface area (TPSA) is 111 Å². The van der Waals surface area contributed by atoms with Gasteiger partial charge in [-0.2, -0.15) is 4.98 Å². The maximum absolute atomic E-state index is 13.7. The summed E-state index contributed by atoms with van der Waals surface area (Å²) >= 11 is 6.60. The van der Waals surface area contributed by atoms with Crippen molar-refractivity contribution in [2.24, 2.45) is 5.92 Å². The van der Waals surface area contributed by atoms with Crippen molar-refractivity contribution in [1.29, 1.82) is 0 Å². The molecule has 5 rings (SSSR count). The molecule has 0 unspecified atom stereocenters. The second kappa shape index (κ2) is 11.5. The number of anilines is 2. The average molecular weight is 584 g/mol. The predicted molar refractivity (Wildman–Crippen MR) is 154 cm³/mol. The van der Waals surface area contributed by atoms with Gasteiger partial charge in [0.15, 0.2) is 17.3 Å². The second-order valence-corrected chi connectivity index (χ2v) is 11.6. The molecule has 0 bridgehead atoms. The van der Waals surface area contributed by atoms with Crippen LogP contribution >= 0.6 is 11.6 Å². The fourth-order valence-corrected chi connectivity index (χ4v) is 5.16. The largest absolute Gasteiger partial charge is 0.444 e. The highest BCUT2D eigenvalue weighted by molar-refractivity contribution is 6.33. The summed E-state index contributed by atoms with van der Waals surface area (Å²) in [6.07, 6.45) is 3.02. The van der Waals surface area contributed by atoms with Gasteiger partial charge in [-0.15, -0.1) is 0 Å². The number of nitrogens with two attached hydrogens (primary N) is 1. The summed E-state index contributed by atoms with van der Waals surface area (Å²) in [5.41, 5.74) is 8.26. The van der Waals surface area contributed by atoms with E-state index in [2.05, 4.69) is 10.3 Å². The maximum Gasteiger partial charge on any atom is 0.410 e. The number of halogens is 3. The Kier molecular flexibility index (Phi) is 7.99. The van der Waals surface area contributed by atoms with E-state index in [-0.39, 0.29) is 18.6 Å². The molecule has 1 atom stereocenters. The Labute approximate surface area is 241 Å². The molecule has 3 N–H and O–H groups in total. The van der Waals surface area contributed by atoms with Crippen molar-refractivity contribution in [3.8, 4) is 11.4 Å². The fraction of sp³-hybridized carbons (Fsp3) is 0.379. The number of amides is 1. The van der Waals surface area contributed by atoms with E-state index in [1.165, 1.54) is 6.07 Å². The van der Waals surface area contributed by atoms with Crippen LogP contribution in [0.25, 0.3) is 22.6 Å². The third kappa shape index (κ3) is 6.67. The van der Waals surface area contributed by atoms with Crippen molar-refractivity contribution in [2.75, 3.05) is 24.1 Å². The molecular weight excluding hydrogens is 552 g/mol. The molecule has 2 aromatic carbocycles. The molecule has 0 radical (unpaired) electrons. The minimum atomic E-state index is -0.920. The van der Waals surface area contributed by atoms with Gasteiger partial charge in [-0.1, -0.05) is 17.7 Å². The van der Waals surface area contributed by atoms with Crippen LogP contribution in [0.1, 0.15) is 39.2 Å². The van der Waals surface area contributed by atoms with Gasteiger partial charge in [0, 0.05) is 37.4 Å². The molecule has 0 spiro atoms. The first-order valence-corrected chi connectivity index (χ1v) is 13.8. The number of imidazole rings is 1. The Balaban J connectivity index is 1.46. The van der Waals surface area contributed by atoms with E-state index >= 15 is 0 Å². The number of benzene rings is 2. The summed E-state index contributed by atoms with van der Waals surface area (Å²) in [7, 11) is 0. The second-order valence-electron chi connectivity index (χ2n) is 11.2. The van der Waals surface area contributed by atoms with Crippen LogP contribution in [0.2, 0.25) is 5.02 Å². The first kappa shape index (κ1) is 28.5. The monoisotopic (exact) mass is 583 g/mol. The standard InChI is InChI=1S/C29H32ClF2N7O2/c1-29(2,3)41-28(40)38-10-4-5-18(15-38)16-39-25(20-8-7-19(33)12-21(20)30)36-24-14-35-27(37-26(24)39)34-13-17-6-9-22(31)23(32)11-17/h6-9,11-12,14,18H,4-5,10,13,15-16,33H2,1-3H3,(H,34,35,37)/t18-/m1/s1. The minimum absolute atomic E-state index is 0.105. The highest BCUT2D eigenvalue weighted by Gasteiger charge is 2.29. The molecule has 2 aromatic heterocycles. The van der Waals surface area contributed by atoms with E-state index in [0.717, 1.165) is 25.0 Å². The number of ether oxygens (including phenoxy) is 1. The van der Waals surface area contributed by atoms with Crippen LogP contribution < -0.4 is 11.1 Å². The van der Waals surface area contributed by atoms with Gasteiger partial charge in [-0.05, 0) is 75.4 Å². The Hall–Kier alpha value is -3.99. The molecule has 1 amide bonds. The van der Waals surface area contributed by atoms with Gasteiger partial charge in [-0.25, -0.2) is 23.5 Å². The summed E-state index contributed by atoms with van der Waals surface area (Å²) in [5, 5.41) is 3.53. The number of hydrogen-bond acceptors (Lipinski definition) is 7. The molecule has 1 saturated heterocycles. The predicted octanol–water partition coefficient (Wildman–Crippen LogP) is 6.27. The molecule has 0 saturated carbocycles. The Morgan fingerprint density at radius 1 is 1.17 bits per heavy atom. The normalized spacial score (nSPS) is 15.8. The number of rotatable bonds is 6. The Morgan fingerprint density at radius 3 is 2.71 bits per heavy atom. The molecule has 1 fully saturated rings. The van der Waals surface area contributed by atoms with Crippen LogP contribution in [-0.4, -0.2) is 49.2 Å². The lowest BCUT2D eigenvalue weighted by Gasteiger charge is -2.34. The number of aromatic nitrogens is 4. The van der Waals surface area contributed by atoms with Crippen LogP contribution in [0.5, 0.6) is 0 Å². The highest BCUT2D eigenvalue weighted by atomic mass is 35.5. The van der Waals surface area contributed by atoms with Gasteiger partial charge < -0.3 is 25.3 Å². The van der Waals surface area contributed by atoms with Gasteiger partial charge in [0.25, 0.3) is 0 Å². The van der Waals surface area contributed by atoms with Crippen molar-refractivity contribution in [1.82, 2.24) is 24.4 Å². The maximum atomic E-state index is 13.7. The van der Waals surface area contributed by atoms with Crippen molar-refractivity contribution in [3.05, 3.63) is 64.8 Å². The molecule has 9 nitrogen and oxygen atoms in total. The Morgan fingerprint density at radius 2 is 1.98 bits per heavy atom. The van der Waals surface area contributed by atoms with E-state index < -0.39 is 17.2 Å². The van der Waals surface area contributed by atoms with Gasteiger partial charge in [0.2, 0.25) is 5.95 Å². The van der Waals surface area contributed by atoms with Gasteiger partial charge in [0.05, 0.1) is 11.2 Å². The number of carbonyl (C=O) groups is 1. The van der Waals surface area contributed by atoms with Crippen molar-refractivity contribution in [2.45, 2.75) is 52.3 Å². The number of piperidine rings is 1. The molecule has 4 aromatic rings. The smallest absolute Gasteiger partial charge is 0.410 e. The van der Waals surface area contributed by atoms with E-state index in [4.69, 9.17) is 32.0 Å². The quantitative estimate of drug-likeness (QED) is 0.257. The van der Waals surface area contributed by atoms with Crippen molar-refractivity contribution >= 4 is 40.5 Å². The van der Waals surface area contributed by atoms with E-state index in [9.17, 15) is 13.6 Å². The molecule has 216 valence electrons. The van der Waals surface area contributed by atoms with E-state index in [0.29, 0.717) is 64.4 Å².